The van der Waals surface area contributed by atoms with E-state index >= 15 is 0 Å². The fourth-order valence-electron chi connectivity index (χ4n) is 3.17. The van der Waals surface area contributed by atoms with Crippen LogP contribution in [0.5, 0.6) is 0 Å². The van der Waals surface area contributed by atoms with Crippen LogP contribution in [0, 0.1) is 18.8 Å². The van der Waals surface area contributed by atoms with Crippen LogP contribution in [0.3, 0.4) is 0 Å². The molecule has 0 radical (unpaired) electrons. The highest BCUT2D eigenvalue weighted by Crippen LogP contribution is 2.28. The van der Waals surface area contributed by atoms with E-state index < -0.39 is 0 Å². The summed E-state index contributed by atoms with van der Waals surface area (Å²) in [6.45, 7) is 5.59. The standard InChI is InChI=1S/C18H24N2/c1-13-7-9-15(10-8-13)12-19-18-14(2)11-16-5-3-4-6-17(16)20-18/h3-6,11,13,15H,7-10,12H2,1-2H3,(H,19,20). The summed E-state index contributed by atoms with van der Waals surface area (Å²) < 4.78 is 0. The maximum absolute atomic E-state index is 4.76. The molecule has 0 amide bonds. The summed E-state index contributed by atoms with van der Waals surface area (Å²) in [7, 11) is 0. The number of nitrogens with zero attached hydrogens (tertiary/aromatic N) is 1. The molecular formula is C18H24N2. The molecule has 0 bridgehead atoms. The topological polar surface area (TPSA) is 24.9 Å². The molecule has 0 aliphatic heterocycles. The molecule has 2 aromatic rings. The quantitative estimate of drug-likeness (QED) is 0.866. The van der Waals surface area contributed by atoms with Crippen molar-refractivity contribution in [2.75, 3.05) is 11.9 Å². The third kappa shape index (κ3) is 2.95. The van der Waals surface area contributed by atoms with Gasteiger partial charge < -0.3 is 5.32 Å². The SMILES string of the molecule is Cc1cc2ccccc2nc1NCC1CCC(C)CC1. The Morgan fingerprint density at radius 2 is 1.90 bits per heavy atom. The summed E-state index contributed by atoms with van der Waals surface area (Å²) in [6, 6.07) is 10.6. The van der Waals surface area contributed by atoms with Crippen molar-refractivity contribution >= 4 is 16.7 Å². The molecule has 1 fully saturated rings. The van der Waals surface area contributed by atoms with Crippen molar-refractivity contribution in [1.29, 1.82) is 0 Å². The van der Waals surface area contributed by atoms with Crippen molar-refractivity contribution in [2.24, 2.45) is 11.8 Å². The number of nitrogens with one attached hydrogen (secondary N) is 1. The summed E-state index contributed by atoms with van der Waals surface area (Å²) in [4.78, 5) is 4.76. The molecule has 0 unspecified atom stereocenters. The van der Waals surface area contributed by atoms with Crippen LogP contribution in [0.4, 0.5) is 5.82 Å². The first kappa shape index (κ1) is 13.4. The number of anilines is 1. The van der Waals surface area contributed by atoms with Crippen LogP contribution in [0.25, 0.3) is 10.9 Å². The third-order valence-corrected chi connectivity index (χ3v) is 4.61. The predicted octanol–water partition coefficient (Wildman–Crippen LogP) is 4.78. The van der Waals surface area contributed by atoms with Gasteiger partial charge in [-0.1, -0.05) is 38.0 Å². The Morgan fingerprint density at radius 1 is 1.15 bits per heavy atom. The van der Waals surface area contributed by atoms with E-state index in [0.717, 1.165) is 29.7 Å². The normalized spacial score (nSPS) is 22.9. The van der Waals surface area contributed by atoms with Gasteiger partial charge in [0, 0.05) is 11.9 Å². The van der Waals surface area contributed by atoms with Crippen LogP contribution in [0.2, 0.25) is 0 Å². The molecule has 3 rings (SSSR count). The second kappa shape index (κ2) is 5.82. The first-order chi connectivity index (χ1) is 9.72. The molecule has 1 aliphatic rings. The number of aryl methyl sites for hydroxylation is 1. The highest BCUT2D eigenvalue weighted by molar-refractivity contribution is 5.81. The monoisotopic (exact) mass is 268 g/mol. The van der Waals surface area contributed by atoms with Gasteiger partial charge in [0.25, 0.3) is 0 Å². The summed E-state index contributed by atoms with van der Waals surface area (Å²) in [5.41, 5.74) is 2.32. The van der Waals surface area contributed by atoms with Gasteiger partial charge >= 0.3 is 0 Å². The second-order valence-electron chi connectivity index (χ2n) is 6.35. The van der Waals surface area contributed by atoms with Gasteiger partial charge in [-0.25, -0.2) is 4.98 Å². The Hall–Kier alpha value is -1.57. The molecule has 2 heteroatoms. The minimum atomic E-state index is 0.818. The zero-order chi connectivity index (χ0) is 13.9. The van der Waals surface area contributed by atoms with E-state index in [1.165, 1.54) is 36.6 Å². The summed E-state index contributed by atoms with van der Waals surface area (Å²) in [5.74, 6) is 2.80. The van der Waals surface area contributed by atoms with Crippen LogP contribution >= 0.6 is 0 Å². The molecule has 1 aromatic heterocycles. The van der Waals surface area contributed by atoms with Crippen LogP contribution in [-0.4, -0.2) is 11.5 Å². The number of hydrogen-bond donors (Lipinski definition) is 1. The Morgan fingerprint density at radius 3 is 2.70 bits per heavy atom. The van der Waals surface area contributed by atoms with Crippen molar-refractivity contribution in [1.82, 2.24) is 4.98 Å². The van der Waals surface area contributed by atoms with Gasteiger partial charge in [-0.15, -0.1) is 0 Å². The van der Waals surface area contributed by atoms with Gasteiger partial charge in [-0.2, -0.15) is 0 Å². The summed E-state index contributed by atoms with van der Waals surface area (Å²) >= 11 is 0. The van der Waals surface area contributed by atoms with Crippen LogP contribution in [0.15, 0.2) is 30.3 Å². The lowest BCUT2D eigenvalue weighted by molar-refractivity contribution is 0.300. The van der Waals surface area contributed by atoms with Crippen molar-refractivity contribution in [2.45, 2.75) is 39.5 Å². The Kier molecular flexibility index (Phi) is 3.90. The highest BCUT2D eigenvalue weighted by atomic mass is 15.0. The largest absolute Gasteiger partial charge is 0.370 e. The Bertz CT molecular complexity index is 583. The van der Waals surface area contributed by atoms with E-state index in [4.69, 9.17) is 4.98 Å². The minimum Gasteiger partial charge on any atom is -0.370 e. The fraction of sp³-hybridized carbons (Fsp3) is 0.500. The van der Waals surface area contributed by atoms with Crippen molar-refractivity contribution in [3.05, 3.63) is 35.9 Å². The third-order valence-electron chi connectivity index (χ3n) is 4.61. The van der Waals surface area contributed by atoms with E-state index in [1.807, 2.05) is 0 Å². The van der Waals surface area contributed by atoms with Crippen molar-refractivity contribution in [3.8, 4) is 0 Å². The molecule has 106 valence electrons. The summed E-state index contributed by atoms with van der Waals surface area (Å²) in [6.07, 6.45) is 5.49. The van der Waals surface area contributed by atoms with E-state index in [9.17, 15) is 0 Å². The molecule has 2 nitrogen and oxygen atoms in total. The first-order valence-corrected chi connectivity index (χ1v) is 7.82. The molecule has 0 atom stereocenters. The number of aromatic nitrogens is 1. The van der Waals surface area contributed by atoms with Gasteiger partial charge in [0.2, 0.25) is 0 Å². The van der Waals surface area contributed by atoms with Gasteiger partial charge in [0.05, 0.1) is 5.52 Å². The molecule has 1 heterocycles. The van der Waals surface area contributed by atoms with Gasteiger partial charge in [0.15, 0.2) is 0 Å². The molecular weight excluding hydrogens is 244 g/mol. The van der Waals surface area contributed by atoms with Gasteiger partial charge in [-0.05, 0) is 49.3 Å². The van der Waals surface area contributed by atoms with E-state index in [-0.39, 0.29) is 0 Å². The second-order valence-corrected chi connectivity index (χ2v) is 6.35. The zero-order valence-electron chi connectivity index (χ0n) is 12.5. The molecule has 0 saturated heterocycles. The number of pyridine rings is 1. The smallest absolute Gasteiger partial charge is 0.129 e. The average molecular weight is 268 g/mol. The Labute approximate surface area is 121 Å². The number of para-hydroxylation sites is 1. The number of fused-ring (bicyclic) bond motifs is 1. The molecule has 1 aromatic carbocycles. The van der Waals surface area contributed by atoms with Crippen LogP contribution in [-0.2, 0) is 0 Å². The summed E-state index contributed by atoms with van der Waals surface area (Å²) in [5, 5.41) is 4.80. The number of benzene rings is 1. The molecule has 1 aliphatic carbocycles. The highest BCUT2D eigenvalue weighted by Gasteiger charge is 2.18. The lowest BCUT2D eigenvalue weighted by Gasteiger charge is -2.26. The Balaban J connectivity index is 1.69. The molecule has 20 heavy (non-hydrogen) atoms. The van der Waals surface area contributed by atoms with Gasteiger partial charge in [0.1, 0.15) is 5.82 Å². The van der Waals surface area contributed by atoms with E-state index in [2.05, 4.69) is 49.5 Å². The predicted molar refractivity (Wildman–Crippen MR) is 86.1 cm³/mol. The zero-order valence-corrected chi connectivity index (χ0v) is 12.5. The van der Waals surface area contributed by atoms with Crippen LogP contribution in [0.1, 0.15) is 38.2 Å². The first-order valence-electron chi connectivity index (χ1n) is 7.82. The fourth-order valence-corrected chi connectivity index (χ4v) is 3.17. The number of rotatable bonds is 3. The minimum absolute atomic E-state index is 0.818. The van der Waals surface area contributed by atoms with Crippen molar-refractivity contribution < 1.29 is 0 Å². The lowest BCUT2D eigenvalue weighted by atomic mass is 9.83. The maximum Gasteiger partial charge on any atom is 0.129 e. The van der Waals surface area contributed by atoms with E-state index in [0.29, 0.717) is 0 Å². The van der Waals surface area contributed by atoms with E-state index in [1.54, 1.807) is 0 Å². The van der Waals surface area contributed by atoms with Crippen LogP contribution < -0.4 is 5.32 Å². The maximum atomic E-state index is 4.76. The van der Waals surface area contributed by atoms with Crippen molar-refractivity contribution in [3.63, 3.8) is 0 Å². The number of hydrogen-bond acceptors (Lipinski definition) is 2. The molecule has 0 spiro atoms. The molecule has 1 saturated carbocycles. The average Bonchev–Trinajstić information content (AvgIpc) is 2.47. The van der Waals surface area contributed by atoms with Gasteiger partial charge in [-0.3, -0.25) is 0 Å². The molecule has 1 N–H and O–H groups in total. The lowest BCUT2D eigenvalue weighted by Crippen LogP contribution is -2.20.